The highest BCUT2D eigenvalue weighted by Crippen LogP contribution is 2.16. The Hall–Kier alpha value is -2.94. The number of benzene rings is 1. The molecule has 2 aliphatic heterocycles. The van der Waals surface area contributed by atoms with Gasteiger partial charge in [-0.25, -0.2) is 9.07 Å². The second kappa shape index (κ2) is 10.6. The third-order valence-corrected chi connectivity index (χ3v) is 5.80. The second-order valence-electron chi connectivity index (χ2n) is 8.03. The maximum absolute atomic E-state index is 13.1. The number of aliphatic imine (C=N–C) groups is 1. The van der Waals surface area contributed by atoms with E-state index in [2.05, 4.69) is 22.2 Å². The van der Waals surface area contributed by atoms with Crippen molar-refractivity contribution in [1.82, 2.24) is 24.9 Å². The van der Waals surface area contributed by atoms with Gasteiger partial charge < -0.3 is 19.9 Å². The Labute approximate surface area is 188 Å². The van der Waals surface area contributed by atoms with Gasteiger partial charge in [0.15, 0.2) is 5.96 Å². The van der Waals surface area contributed by atoms with Crippen LogP contribution in [0.25, 0.3) is 5.69 Å². The van der Waals surface area contributed by atoms with Gasteiger partial charge in [0, 0.05) is 58.5 Å². The zero-order valence-electron chi connectivity index (χ0n) is 18.5. The highest BCUT2D eigenvalue weighted by atomic mass is 19.1. The van der Waals surface area contributed by atoms with E-state index in [1.807, 2.05) is 17.2 Å². The molecular weight excluding hydrogens is 411 g/mol. The summed E-state index contributed by atoms with van der Waals surface area (Å²) >= 11 is 0. The number of hydrogen-bond donors (Lipinski definition) is 1. The Balaban J connectivity index is 1.30. The van der Waals surface area contributed by atoms with Gasteiger partial charge in [0.1, 0.15) is 11.9 Å². The molecule has 9 heteroatoms. The number of guanidine groups is 1. The van der Waals surface area contributed by atoms with Crippen LogP contribution in [-0.2, 0) is 16.0 Å². The molecule has 1 unspecified atom stereocenters. The summed E-state index contributed by atoms with van der Waals surface area (Å²) in [4.78, 5) is 21.5. The fraction of sp³-hybridized carbons (Fsp3) is 0.522. The predicted octanol–water partition coefficient (Wildman–Crippen LogP) is 1.84. The van der Waals surface area contributed by atoms with E-state index in [0.717, 1.165) is 49.8 Å². The van der Waals surface area contributed by atoms with Crippen LogP contribution in [0.4, 0.5) is 4.39 Å². The average molecular weight is 443 g/mol. The molecule has 1 N–H and O–H groups in total. The van der Waals surface area contributed by atoms with Crippen LogP contribution in [0.2, 0.25) is 0 Å². The number of aromatic nitrogens is 2. The number of hydrogen-bond acceptors (Lipinski definition) is 4. The van der Waals surface area contributed by atoms with Gasteiger partial charge in [-0.15, -0.1) is 0 Å². The van der Waals surface area contributed by atoms with Gasteiger partial charge in [-0.1, -0.05) is 0 Å². The van der Waals surface area contributed by atoms with E-state index in [9.17, 15) is 9.18 Å². The number of amides is 1. The van der Waals surface area contributed by atoms with Crippen LogP contribution in [0.15, 0.2) is 41.5 Å². The molecule has 172 valence electrons. The van der Waals surface area contributed by atoms with E-state index in [1.54, 1.807) is 16.8 Å². The lowest BCUT2D eigenvalue weighted by Gasteiger charge is -2.37. The molecule has 8 nitrogen and oxygen atoms in total. The van der Waals surface area contributed by atoms with Gasteiger partial charge in [-0.05, 0) is 50.1 Å². The number of carbonyl (C=O) groups is 1. The predicted molar refractivity (Wildman–Crippen MR) is 120 cm³/mol. The smallest absolute Gasteiger partial charge is 0.251 e. The molecule has 1 aromatic carbocycles. The van der Waals surface area contributed by atoms with Crippen LogP contribution in [-0.4, -0.2) is 83.4 Å². The summed E-state index contributed by atoms with van der Waals surface area (Å²) in [5.41, 5.74) is 1.76. The molecule has 0 saturated carbocycles. The van der Waals surface area contributed by atoms with E-state index < -0.39 is 0 Å². The van der Waals surface area contributed by atoms with Gasteiger partial charge >= 0.3 is 0 Å². The van der Waals surface area contributed by atoms with Crippen molar-refractivity contribution in [2.24, 2.45) is 4.99 Å². The molecule has 2 aromatic rings. The Bertz CT molecular complexity index is 915. The lowest BCUT2D eigenvalue weighted by atomic mass is 10.2. The maximum atomic E-state index is 13.1. The zero-order chi connectivity index (χ0) is 22.3. The summed E-state index contributed by atoms with van der Waals surface area (Å²) in [6.07, 6.45) is 4.14. The molecule has 1 aromatic heterocycles. The molecule has 4 rings (SSSR count). The van der Waals surface area contributed by atoms with Crippen LogP contribution >= 0.6 is 0 Å². The molecule has 3 heterocycles. The van der Waals surface area contributed by atoms with Crippen LogP contribution < -0.4 is 5.32 Å². The Morgan fingerprint density at radius 2 is 1.94 bits per heavy atom. The third-order valence-electron chi connectivity index (χ3n) is 5.80. The average Bonchev–Trinajstić information content (AvgIpc) is 3.51. The molecular formula is C23H31FN6O2. The zero-order valence-corrected chi connectivity index (χ0v) is 18.5. The molecule has 32 heavy (non-hydrogen) atoms. The SMILES string of the molecule is CCNC(=NCCc1ccn(-c2ccc(F)cc2)n1)N1CCN(C(=O)C2CCCO2)CC1. The topological polar surface area (TPSA) is 75.0 Å². The maximum Gasteiger partial charge on any atom is 0.251 e. The van der Waals surface area contributed by atoms with Crippen molar-refractivity contribution in [2.45, 2.75) is 32.3 Å². The summed E-state index contributed by atoms with van der Waals surface area (Å²) in [7, 11) is 0. The van der Waals surface area contributed by atoms with Crippen molar-refractivity contribution in [3.8, 4) is 5.69 Å². The summed E-state index contributed by atoms with van der Waals surface area (Å²) in [5, 5.41) is 7.93. The first kappa shape index (κ1) is 22.3. The minimum atomic E-state index is -0.261. The first-order chi connectivity index (χ1) is 15.6. The first-order valence-corrected chi connectivity index (χ1v) is 11.4. The van der Waals surface area contributed by atoms with Crippen molar-refractivity contribution >= 4 is 11.9 Å². The number of carbonyl (C=O) groups excluding carboxylic acids is 1. The molecule has 2 aliphatic rings. The molecule has 1 amide bonds. The van der Waals surface area contributed by atoms with E-state index in [0.29, 0.717) is 32.7 Å². The number of halogens is 1. The summed E-state index contributed by atoms with van der Waals surface area (Å²) in [5.74, 6) is 0.735. The fourth-order valence-corrected chi connectivity index (χ4v) is 4.05. The largest absolute Gasteiger partial charge is 0.368 e. The minimum Gasteiger partial charge on any atom is -0.368 e. The summed E-state index contributed by atoms with van der Waals surface area (Å²) < 4.78 is 20.4. The van der Waals surface area contributed by atoms with Crippen LogP contribution in [0.3, 0.4) is 0 Å². The van der Waals surface area contributed by atoms with Crippen molar-refractivity contribution in [3.05, 3.63) is 48.0 Å². The third kappa shape index (κ3) is 5.45. The molecule has 0 bridgehead atoms. The molecule has 2 saturated heterocycles. The number of nitrogens with zero attached hydrogens (tertiary/aromatic N) is 5. The summed E-state index contributed by atoms with van der Waals surface area (Å²) in [6.45, 7) is 7.01. The van der Waals surface area contributed by atoms with Crippen molar-refractivity contribution in [3.63, 3.8) is 0 Å². The molecule has 0 aliphatic carbocycles. The quantitative estimate of drug-likeness (QED) is 0.546. The lowest BCUT2D eigenvalue weighted by molar-refractivity contribution is -0.142. The molecule has 0 spiro atoms. The first-order valence-electron chi connectivity index (χ1n) is 11.4. The van der Waals surface area contributed by atoms with Crippen LogP contribution in [0.5, 0.6) is 0 Å². The van der Waals surface area contributed by atoms with Gasteiger partial charge in [-0.2, -0.15) is 5.10 Å². The van der Waals surface area contributed by atoms with Crippen LogP contribution in [0.1, 0.15) is 25.5 Å². The number of nitrogens with one attached hydrogen (secondary N) is 1. The van der Waals surface area contributed by atoms with Gasteiger partial charge in [0.2, 0.25) is 0 Å². The number of ether oxygens (including phenoxy) is 1. The van der Waals surface area contributed by atoms with Gasteiger partial charge in [-0.3, -0.25) is 9.79 Å². The molecule has 1 atom stereocenters. The highest BCUT2D eigenvalue weighted by Gasteiger charge is 2.30. The fourth-order valence-electron chi connectivity index (χ4n) is 4.05. The Kier molecular flexibility index (Phi) is 7.36. The van der Waals surface area contributed by atoms with Crippen molar-refractivity contribution < 1.29 is 13.9 Å². The van der Waals surface area contributed by atoms with E-state index >= 15 is 0 Å². The normalized spacial score (nSPS) is 19.4. The highest BCUT2D eigenvalue weighted by molar-refractivity contribution is 5.82. The molecule has 0 radical (unpaired) electrons. The van der Waals surface area contributed by atoms with Gasteiger partial charge in [0.05, 0.1) is 11.4 Å². The van der Waals surface area contributed by atoms with Crippen molar-refractivity contribution in [1.29, 1.82) is 0 Å². The Morgan fingerprint density at radius 1 is 1.19 bits per heavy atom. The lowest BCUT2D eigenvalue weighted by Crippen LogP contribution is -2.55. The number of piperazine rings is 1. The number of rotatable bonds is 6. The van der Waals surface area contributed by atoms with Crippen LogP contribution in [0, 0.1) is 5.82 Å². The second-order valence-corrected chi connectivity index (χ2v) is 8.03. The Morgan fingerprint density at radius 3 is 2.62 bits per heavy atom. The standard InChI is InChI=1S/C23H31FN6O2/c1-2-25-23(29-15-13-28(14-16-29)22(31)21-4-3-17-32-21)26-11-9-19-10-12-30(27-19)20-7-5-18(24)6-8-20/h5-8,10,12,21H,2-4,9,11,13-17H2,1H3,(H,25,26). The van der Waals surface area contributed by atoms with E-state index in [1.165, 1.54) is 12.1 Å². The van der Waals surface area contributed by atoms with Gasteiger partial charge in [0.25, 0.3) is 5.91 Å². The monoisotopic (exact) mass is 442 g/mol. The van der Waals surface area contributed by atoms with E-state index in [4.69, 9.17) is 9.73 Å². The van der Waals surface area contributed by atoms with Crippen molar-refractivity contribution in [2.75, 3.05) is 45.9 Å². The molecule has 2 fully saturated rings. The minimum absolute atomic E-state index is 0.126. The summed E-state index contributed by atoms with van der Waals surface area (Å²) in [6, 6.07) is 8.23. The van der Waals surface area contributed by atoms with E-state index in [-0.39, 0.29) is 17.8 Å².